The van der Waals surface area contributed by atoms with Gasteiger partial charge in [0.1, 0.15) is 24.7 Å². The Kier molecular flexibility index (Phi) is 34.5. The summed E-state index contributed by atoms with van der Waals surface area (Å²) in [5.41, 5.74) is 6.30. The van der Waals surface area contributed by atoms with Crippen molar-refractivity contribution in [3.05, 3.63) is 54.1 Å². The minimum absolute atomic E-state index is 0.00400. The van der Waals surface area contributed by atoms with Crippen molar-refractivity contribution in [2.45, 2.75) is 82.5 Å². The predicted molar refractivity (Wildman–Crippen MR) is 300 cm³/mol. The average Bonchev–Trinajstić information content (AvgIpc) is 4.17. The monoisotopic (exact) mass is 1240 g/mol. The Bertz CT molecular complexity index is 2550. The molecule has 0 radical (unpaired) electrons. The first-order valence-electron chi connectivity index (χ1n) is 28.7. The number of benzene rings is 1. The van der Waals surface area contributed by atoms with Crippen LogP contribution in [0, 0.1) is 17.8 Å². The van der Waals surface area contributed by atoms with E-state index in [0.29, 0.717) is 11.3 Å². The van der Waals surface area contributed by atoms with Crippen LogP contribution < -0.4 is 42.3 Å². The number of aliphatic hydroxyl groups is 2. The maximum atomic E-state index is 14.1. The molecule has 11 N–H and O–H groups in total. The first-order valence-corrected chi connectivity index (χ1v) is 28.7. The molecule has 490 valence electrons. The normalized spacial score (nSPS) is 16.4. The summed E-state index contributed by atoms with van der Waals surface area (Å²) in [5, 5.41) is 85.3. The molecule has 1 aromatic heterocycles. The molecule has 3 rings (SSSR count). The summed E-state index contributed by atoms with van der Waals surface area (Å²) in [4.78, 5) is 167. The van der Waals surface area contributed by atoms with Gasteiger partial charge in [0.05, 0.1) is 81.6 Å². The number of nitrogens with one attached hydrogen (secondary N) is 5. The van der Waals surface area contributed by atoms with E-state index in [1.165, 1.54) is 39.0 Å². The molecule has 0 bridgehead atoms. The maximum absolute atomic E-state index is 14.1. The minimum Gasteiger partial charge on any atom is -0.549 e. The highest BCUT2D eigenvalue weighted by atomic mass is 16.5. The molecular formula is C56H82N11O21-3. The van der Waals surface area contributed by atoms with Crippen LogP contribution in [0.25, 0.3) is 0 Å². The van der Waals surface area contributed by atoms with Gasteiger partial charge in [0.15, 0.2) is 17.3 Å². The number of carboxylic acid groups (broad SMARTS) is 5. The van der Waals surface area contributed by atoms with E-state index in [1.807, 2.05) is 0 Å². The summed E-state index contributed by atoms with van der Waals surface area (Å²) in [6.45, 7) is -2.13. The molecule has 4 amide bonds. The van der Waals surface area contributed by atoms with Crippen LogP contribution in [-0.4, -0.2) is 270 Å². The maximum Gasteiger partial charge on any atom is 0.320 e. The molecule has 1 fully saturated rings. The summed E-state index contributed by atoms with van der Waals surface area (Å²) >= 11 is 0. The lowest BCUT2D eigenvalue weighted by Crippen LogP contribution is -2.53. The minimum atomic E-state index is -1.66. The summed E-state index contributed by atoms with van der Waals surface area (Å²) in [6, 6.07) is 2.51. The van der Waals surface area contributed by atoms with Gasteiger partial charge in [0.2, 0.25) is 23.6 Å². The summed E-state index contributed by atoms with van der Waals surface area (Å²) < 4.78 is 10.4. The molecule has 32 heteroatoms. The van der Waals surface area contributed by atoms with Gasteiger partial charge < -0.3 is 91.6 Å². The molecule has 1 aliphatic rings. The zero-order valence-electron chi connectivity index (χ0n) is 49.2. The third-order valence-electron chi connectivity index (χ3n) is 14.3. The van der Waals surface area contributed by atoms with E-state index in [2.05, 4.69) is 31.2 Å². The number of aliphatic carboxylic acids is 5. The lowest BCUT2D eigenvalue weighted by atomic mass is 9.90. The Morgan fingerprint density at radius 2 is 1.16 bits per heavy atom. The number of H-pyrrole nitrogens is 1. The van der Waals surface area contributed by atoms with Crippen molar-refractivity contribution in [3.63, 3.8) is 0 Å². The van der Waals surface area contributed by atoms with Gasteiger partial charge in [0, 0.05) is 129 Å². The number of nitrogens with zero attached hydrogens (tertiary/aromatic N) is 5. The van der Waals surface area contributed by atoms with Crippen LogP contribution in [0.1, 0.15) is 56.7 Å². The number of hydrogen-bond acceptors (Lipinski definition) is 25. The van der Waals surface area contributed by atoms with Crippen LogP contribution in [0.5, 0.6) is 0 Å². The molecule has 0 aliphatic carbocycles. The van der Waals surface area contributed by atoms with Crippen molar-refractivity contribution in [2.24, 2.45) is 23.5 Å². The van der Waals surface area contributed by atoms with Gasteiger partial charge in [-0.25, -0.2) is 4.98 Å². The smallest absolute Gasteiger partial charge is 0.320 e. The van der Waals surface area contributed by atoms with Crippen LogP contribution in [0.3, 0.4) is 0 Å². The highest BCUT2D eigenvalue weighted by Crippen LogP contribution is 2.19. The van der Waals surface area contributed by atoms with Crippen LogP contribution in [0.2, 0.25) is 0 Å². The van der Waals surface area contributed by atoms with Gasteiger partial charge in [0.25, 0.3) is 0 Å². The number of ether oxygens (including phenoxy) is 2. The lowest BCUT2D eigenvalue weighted by Gasteiger charge is -2.36. The number of carboxylic acids is 5. The lowest BCUT2D eigenvalue weighted by molar-refractivity contribution is -0.308. The number of nitrogens with two attached hydrogens (primary N) is 1. The fourth-order valence-corrected chi connectivity index (χ4v) is 9.56. The number of carbonyl (C=O) groups is 12. The van der Waals surface area contributed by atoms with E-state index in [0.717, 1.165) is 0 Å². The predicted octanol–water partition coefficient (Wildman–Crippen LogP) is -8.33. The molecule has 1 saturated heterocycles. The quantitative estimate of drug-likeness (QED) is 0.0276. The highest BCUT2D eigenvalue weighted by molar-refractivity contribution is 5.97. The number of imidazole rings is 1. The second kappa shape index (κ2) is 40.7. The number of aromatic amines is 1. The molecular weight excluding hydrogens is 1160 g/mol. The first kappa shape index (κ1) is 74.6. The molecule has 32 nitrogen and oxygen atoms in total. The number of rotatable bonds is 42. The highest BCUT2D eigenvalue weighted by Gasteiger charge is 2.35. The van der Waals surface area contributed by atoms with Crippen molar-refractivity contribution in [3.8, 4) is 0 Å². The number of amides is 4. The average molecular weight is 1250 g/mol. The topological polar surface area (TPSA) is 489 Å². The molecule has 2 heterocycles. The number of ketones is 3. The summed E-state index contributed by atoms with van der Waals surface area (Å²) in [6.07, 6.45) is -0.203. The molecule has 0 saturated carbocycles. The number of carbonyl (C=O) groups excluding carboxylic acids is 10. The van der Waals surface area contributed by atoms with Gasteiger partial charge in [-0.3, -0.25) is 62.8 Å². The Hall–Kier alpha value is -7.69. The number of aliphatic hydroxyl groups excluding tert-OH is 2. The van der Waals surface area contributed by atoms with Crippen LogP contribution in [-0.2, 0) is 79.8 Å². The Morgan fingerprint density at radius 1 is 0.636 bits per heavy atom. The fraction of sp³-hybridized carbons (Fsp3) is 0.625. The van der Waals surface area contributed by atoms with Gasteiger partial charge in [-0.2, -0.15) is 0 Å². The van der Waals surface area contributed by atoms with E-state index in [-0.39, 0.29) is 111 Å². The number of Topliss-reactive ketones (excluding diaryl/α,β-unsaturated/α-hetero) is 3. The molecule has 1 aliphatic heterocycles. The van der Waals surface area contributed by atoms with Gasteiger partial charge in [-0.1, -0.05) is 30.3 Å². The molecule has 7 atom stereocenters. The van der Waals surface area contributed by atoms with Gasteiger partial charge in [-0.15, -0.1) is 0 Å². The van der Waals surface area contributed by atoms with Gasteiger partial charge in [-0.05, 0) is 31.7 Å². The second-order valence-corrected chi connectivity index (χ2v) is 21.2. The van der Waals surface area contributed by atoms with Crippen molar-refractivity contribution in [1.29, 1.82) is 0 Å². The summed E-state index contributed by atoms with van der Waals surface area (Å²) in [7, 11) is 0. The van der Waals surface area contributed by atoms with Crippen molar-refractivity contribution in [1.82, 2.24) is 50.8 Å². The Morgan fingerprint density at radius 3 is 1.67 bits per heavy atom. The van der Waals surface area contributed by atoms with E-state index < -0.39 is 178 Å². The fourth-order valence-electron chi connectivity index (χ4n) is 9.56. The van der Waals surface area contributed by atoms with Crippen molar-refractivity contribution in [2.75, 3.05) is 125 Å². The van der Waals surface area contributed by atoms with E-state index in [1.54, 1.807) is 30.3 Å². The standard InChI is InChI=1S/C56H85N11O21/c1-36(61-52(81)40(27-48(73)74)24-42(70)34-88-21-20-87-19-9-57)46(71)25-39(23-41-28-58-35-60-41)54(83)62-43(32-68)47(72)26-38(22-37-6-3-2-4-7-37)53(82)63-44(33-69)55(84)59-10-5-8-45(56(85)86)67-17-15-65(30-50(77)78)13-11-64(29-49(75)76)12-14-66(16-18-67)31-51(79)80/h2-4,6-7,28,35-36,38-40,43-45,68-69H,5,8-27,29-34,57H2,1H3,(H,58,60)(H,59,84)(H,61,81)(H,62,83)(H,63,82)(H,73,74)(H,75,76)(H,77,78)(H,79,80)(H,85,86)/p-3/t36-,38+,39+,40-,43-,44?,45?/m0/s1. The second-order valence-electron chi connectivity index (χ2n) is 21.2. The third kappa shape index (κ3) is 29.3. The van der Waals surface area contributed by atoms with Crippen molar-refractivity contribution < 1.29 is 103 Å². The Balaban J connectivity index is 1.72. The molecule has 1 aromatic carbocycles. The molecule has 2 aromatic rings. The molecule has 88 heavy (non-hydrogen) atoms. The number of hydrogen-bond donors (Lipinski definition) is 10. The molecule has 2 unspecified atom stereocenters. The zero-order chi connectivity index (χ0) is 65.1. The zero-order valence-corrected chi connectivity index (χ0v) is 49.2. The van der Waals surface area contributed by atoms with E-state index in [9.17, 15) is 93.3 Å². The van der Waals surface area contributed by atoms with Gasteiger partial charge >= 0.3 is 11.9 Å². The Labute approximate surface area is 507 Å². The van der Waals surface area contributed by atoms with E-state index >= 15 is 0 Å². The van der Waals surface area contributed by atoms with Crippen LogP contribution in [0.15, 0.2) is 42.9 Å². The largest absolute Gasteiger partial charge is 0.549 e. The van der Waals surface area contributed by atoms with Crippen LogP contribution >= 0.6 is 0 Å². The van der Waals surface area contributed by atoms with E-state index in [4.69, 9.17) is 15.2 Å². The van der Waals surface area contributed by atoms with Crippen LogP contribution in [0.4, 0.5) is 0 Å². The molecule has 0 spiro atoms. The van der Waals surface area contributed by atoms with Crippen molar-refractivity contribution >= 4 is 70.8 Å². The third-order valence-corrected chi connectivity index (χ3v) is 14.3. The first-order chi connectivity index (χ1) is 41.9. The SMILES string of the molecule is C[C@H](NC(=O)[C@H](CC(=O)O)CC(=O)COCCOCCN)C(=O)C[C@@H](Cc1cnc[nH]1)C(=O)N[C@@H](CO)C(=O)C[C@@H](Cc1ccccc1)C(=O)NC(CO)C(=O)NCCCC(C(=O)O)N1CCN(CC(=O)[O-])CCN(CC(=O)[O-])CCN(CC(=O)[O-])CC1. The number of aromatic nitrogens is 2. The summed E-state index contributed by atoms with van der Waals surface area (Å²) in [5.74, 6) is -16.7.